The Morgan fingerprint density at radius 2 is 2.12 bits per heavy atom. The van der Waals surface area contributed by atoms with Gasteiger partial charge in [0.25, 0.3) is 11.8 Å². The van der Waals surface area contributed by atoms with E-state index in [9.17, 15) is 9.59 Å². The van der Waals surface area contributed by atoms with E-state index in [4.69, 9.17) is 16.8 Å². The maximum Gasteiger partial charge on any atom is 0.284 e. The van der Waals surface area contributed by atoms with Crippen LogP contribution in [0.25, 0.3) is 10.9 Å². The van der Waals surface area contributed by atoms with Crippen molar-refractivity contribution in [1.29, 1.82) is 0 Å². The van der Waals surface area contributed by atoms with E-state index in [1.165, 1.54) is 11.3 Å². The smallest absolute Gasteiger partial charge is 0.284 e. The van der Waals surface area contributed by atoms with Gasteiger partial charge in [-0.25, -0.2) is 5.48 Å². The number of fused-ring (bicyclic) bond motifs is 2. The number of benzene rings is 1. The Labute approximate surface area is 152 Å². The number of hydroxylamine groups is 1. The Bertz CT molecular complexity index is 994. The largest absolute Gasteiger partial charge is 0.349 e. The first kappa shape index (κ1) is 16.1. The van der Waals surface area contributed by atoms with Gasteiger partial charge in [0.2, 0.25) is 0 Å². The predicted octanol–water partition coefficient (Wildman–Crippen LogP) is 3.20. The lowest BCUT2D eigenvalue weighted by Crippen LogP contribution is -2.35. The fourth-order valence-corrected chi connectivity index (χ4v) is 4.48. The fraction of sp³-hybridized carbons (Fsp3) is 0.176. The van der Waals surface area contributed by atoms with Gasteiger partial charge in [-0.15, -0.1) is 11.3 Å². The van der Waals surface area contributed by atoms with Gasteiger partial charge in [0.15, 0.2) is 0 Å². The third-order valence-corrected chi connectivity index (χ3v) is 5.90. The van der Waals surface area contributed by atoms with Crippen molar-refractivity contribution >= 4 is 45.7 Å². The van der Waals surface area contributed by atoms with Gasteiger partial charge < -0.3 is 9.88 Å². The summed E-state index contributed by atoms with van der Waals surface area (Å²) in [6.07, 6.45) is 0.661. The van der Waals surface area contributed by atoms with Gasteiger partial charge in [0.1, 0.15) is 5.69 Å². The zero-order valence-electron chi connectivity index (χ0n) is 13.0. The molecule has 8 heteroatoms. The van der Waals surface area contributed by atoms with Gasteiger partial charge in [-0.3, -0.25) is 14.8 Å². The summed E-state index contributed by atoms with van der Waals surface area (Å²) in [6, 6.07) is 9.28. The zero-order chi connectivity index (χ0) is 17.6. The Balaban J connectivity index is 1.62. The van der Waals surface area contributed by atoms with Gasteiger partial charge in [0.05, 0.1) is 16.4 Å². The van der Waals surface area contributed by atoms with Crippen LogP contribution in [0.4, 0.5) is 0 Å². The average Bonchev–Trinajstić information content (AvgIpc) is 3.21. The van der Waals surface area contributed by atoms with Crippen molar-refractivity contribution < 1.29 is 14.8 Å². The summed E-state index contributed by atoms with van der Waals surface area (Å²) in [7, 11) is 0. The van der Waals surface area contributed by atoms with Crippen LogP contribution < -0.4 is 5.48 Å². The molecule has 0 radical (unpaired) electrons. The van der Waals surface area contributed by atoms with Crippen LogP contribution in [0.2, 0.25) is 5.02 Å². The van der Waals surface area contributed by atoms with Crippen molar-refractivity contribution in [2.45, 2.75) is 13.0 Å². The molecule has 0 bridgehead atoms. The van der Waals surface area contributed by atoms with Gasteiger partial charge in [0, 0.05) is 22.3 Å². The molecule has 0 saturated heterocycles. The van der Waals surface area contributed by atoms with Gasteiger partial charge >= 0.3 is 0 Å². The maximum absolute atomic E-state index is 12.9. The van der Waals surface area contributed by atoms with Crippen molar-refractivity contribution in [3.63, 3.8) is 0 Å². The minimum absolute atomic E-state index is 0.159. The van der Waals surface area contributed by atoms with Crippen LogP contribution in [0.1, 0.15) is 30.6 Å². The number of para-hydroxylation sites is 1. The monoisotopic (exact) mass is 375 g/mol. The highest BCUT2D eigenvalue weighted by molar-refractivity contribution is 7.14. The summed E-state index contributed by atoms with van der Waals surface area (Å²) in [5, 5.41) is 10.0. The highest BCUT2D eigenvalue weighted by Gasteiger charge is 2.27. The van der Waals surface area contributed by atoms with Crippen LogP contribution in [0.5, 0.6) is 0 Å². The van der Waals surface area contributed by atoms with E-state index in [0.717, 1.165) is 21.3 Å². The molecule has 6 nitrogen and oxygen atoms in total. The SMILES string of the molecule is O=C(NO)c1cc2c(s1)CN(C(=O)c1[nH]c3ccccc3c1Cl)CC2. The lowest BCUT2D eigenvalue weighted by Gasteiger charge is -2.26. The molecule has 3 heterocycles. The van der Waals surface area contributed by atoms with E-state index < -0.39 is 5.91 Å². The maximum atomic E-state index is 12.9. The first-order valence-corrected chi connectivity index (χ1v) is 8.89. The molecular formula is C17H14ClN3O3S. The number of aromatic nitrogens is 1. The topological polar surface area (TPSA) is 85.4 Å². The second-order valence-electron chi connectivity index (χ2n) is 5.84. The molecule has 0 aliphatic carbocycles. The van der Waals surface area contributed by atoms with Gasteiger partial charge in [-0.2, -0.15) is 0 Å². The third-order valence-electron chi connectivity index (χ3n) is 4.35. The number of halogens is 1. The van der Waals surface area contributed by atoms with Crippen molar-refractivity contribution in [1.82, 2.24) is 15.4 Å². The molecule has 2 amide bonds. The Morgan fingerprint density at radius 3 is 2.88 bits per heavy atom. The number of amides is 2. The lowest BCUT2D eigenvalue weighted by atomic mass is 10.1. The molecule has 0 fully saturated rings. The standard InChI is InChI=1S/C17H14ClN3O3S/c18-14-10-3-1-2-4-11(10)19-15(14)17(23)21-6-5-9-7-12(16(22)20-24)25-13(9)8-21/h1-4,7,19,24H,5-6,8H2,(H,20,22). The molecule has 3 N–H and O–H groups in total. The third kappa shape index (κ3) is 2.70. The van der Waals surface area contributed by atoms with E-state index in [1.807, 2.05) is 24.3 Å². The summed E-state index contributed by atoms with van der Waals surface area (Å²) >= 11 is 7.66. The van der Waals surface area contributed by atoms with Crippen molar-refractivity contribution in [2.75, 3.05) is 6.54 Å². The molecule has 0 atom stereocenters. The fourth-order valence-electron chi connectivity index (χ4n) is 3.07. The van der Waals surface area contributed by atoms with Crippen molar-refractivity contribution in [2.24, 2.45) is 0 Å². The quantitative estimate of drug-likeness (QED) is 0.475. The number of nitrogens with one attached hydrogen (secondary N) is 2. The predicted molar refractivity (Wildman–Crippen MR) is 95.3 cm³/mol. The van der Waals surface area contributed by atoms with Crippen LogP contribution in [0, 0.1) is 0 Å². The molecule has 3 aromatic rings. The van der Waals surface area contributed by atoms with Crippen LogP contribution in [0.15, 0.2) is 30.3 Å². The molecule has 2 aromatic heterocycles. The van der Waals surface area contributed by atoms with Crippen LogP contribution in [0.3, 0.4) is 0 Å². The minimum Gasteiger partial charge on any atom is -0.349 e. The number of carbonyl (C=O) groups excluding carboxylic acids is 2. The number of aromatic amines is 1. The lowest BCUT2D eigenvalue weighted by molar-refractivity contribution is 0.0709. The Morgan fingerprint density at radius 1 is 1.32 bits per heavy atom. The molecule has 1 aliphatic rings. The number of carbonyl (C=O) groups is 2. The molecule has 128 valence electrons. The number of hydrogen-bond acceptors (Lipinski definition) is 4. The van der Waals surface area contributed by atoms with Crippen molar-refractivity contribution in [3.05, 3.63) is 56.4 Å². The molecular weight excluding hydrogens is 362 g/mol. The number of H-pyrrole nitrogens is 1. The number of rotatable bonds is 2. The molecule has 25 heavy (non-hydrogen) atoms. The van der Waals surface area contributed by atoms with E-state index in [0.29, 0.717) is 35.1 Å². The summed E-state index contributed by atoms with van der Waals surface area (Å²) in [5.41, 5.74) is 3.89. The number of nitrogens with zero attached hydrogens (tertiary/aromatic N) is 1. The van der Waals surface area contributed by atoms with Crippen LogP contribution in [-0.2, 0) is 13.0 Å². The molecule has 0 saturated carbocycles. The highest BCUT2D eigenvalue weighted by Crippen LogP contribution is 2.32. The molecule has 1 aliphatic heterocycles. The van der Waals surface area contributed by atoms with Crippen LogP contribution >= 0.6 is 22.9 Å². The molecule has 1 aromatic carbocycles. The first-order valence-electron chi connectivity index (χ1n) is 7.70. The van der Waals surface area contributed by atoms with Crippen LogP contribution in [-0.4, -0.2) is 33.5 Å². The normalized spacial score (nSPS) is 13.8. The van der Waals surface area contributed by atoms with E-state index in [-0.39, 0.29) is 5.91 Å². The van der Waals surface area contributed by atoms with E-state index in [2.05, 4.69) is 4.98 Å². The molecule has 0 unspecified atom stereocenters. The van der Waals surface area contributed by atoms with Crippen molar-refractivity contribution in [3.8, 4) is 0 Å². The first-order chi connectivity index (χ1) is 12.1. The average molecular weight is 376 g/mol. The summed E-state index contributed by atoms with van der Waals surface area (Å²) in [6.45, 7) is 0.970. The summed E-state index contributed by atoms with van der Waals surface area (Å²) < 4.78 is 0. The second-order valence-corrected chi connectivity index (χ2v) is 7.35. The van der Waals surface area contributed by atoms with E-state index in [1.54, 1.807) is 16.4 Å². The van der Waals surface area contributed by atoms with E-state index >= 15 is 0 Å². The zero-order valence-corrected chi connectivity index (χ0v) is 14.6. The number of thiophene rings is 1. The molecule has 0 spiro atoms. The Hall–Kier alpha value is -2.35. The number of hydrogen-bond donors (Lipinski definition) is 3. The van der Waals surface area contributed by atoms with Gasteiger partial charge in [-0.05, 0) is 24.1 Å². The Kier molecular flexibility index (Phi) is 3.99. The molecule has 4 rings (SSSR count). The highest BCUT2D eigenvalue weighted by atomic mass is 35.5. The minimum atomic E-state index is -0.532. The van der Waals surface area contributed by atoms with Gasteiger partial charge in [-0.1, -0.05) is 29.8 Å². The summed E-state index contributed by atoms with van der Waals surface area (Å²) in [4.78, 5) is 30.7. The summed E-state index contributed by atoms with van der Waals surface area (Å²) in [5.74, 6) is -0.690. The second kappa shape index (κ2) is 6.18.